The number of aromatic nitrogens is 1. The summed E-state index contributed by atoms with van der Waals surface area (Å²) in [5, 5.41) is 0.656. The first-order chi connectivity index (χ1) is 16.0. The fraction of sp³-hybridized carbons (Fsp3) is 0.222. The number of rotatable bonds is 5. The summed E-state index contributed by atoms with van der Waals surface area (Å²) in [5.74, 6) is 0.553. The monoisotopic (exact) mass is 458 g/mol. The maximum Gasteiger partial charge on any atom is 0.268 e. The molecule has 1 aliphatic rings. The van der Waals surface area contributed by atoms with Gasteiger partial charge >= 0.3 is 0 Å². The van der Waals surface area contributed by atoms with Crippen LogP contribution in [-0.4, -0.2) is 31.8 Å². The van der Waals surface area contributed by atoms with E-state index in [1.165, 1.54) is 15.7 Å². The minimum absolute atomic E-state index is 0.203. The van der Waals surface area contributed by atoms with Gasteiger partial charge in [-0.15, -0.1) is 0 Å². The smallest absolute Gasteiger partial charge is 0.268 e. The number of nitrogens with zero attached hydrogens (tertiary/aromatic N) is 2. The zero-order valence-corrected chi connectivity index (χ0v) is 19.3. The van der Waals surface area contributed by atoms with Gasteiger partial charge in [-0.25, -0.2) is 12.4 Å². The van der Waals surface area contributed by atoms with Gasteiger partial charge in [0.2, 0.25) is 0 Å². The molecule has 1 aliphatic heterocycles. The van der Waals surface area contributed by atoms with E-state index < -0.39 is 10.0 Å². The van der Waals surface area contributed by atoms with Crippen LogP contribution in [0.3, 0.4) is 0 Å². The number of aldehydes is 1. The molecule has 0 spiro atoms. The number of aryl methyl sites for hydroxylation is 1. The van der Waals surface area contributed by atoms with Gasteiger partial charge < -0.3 is 4.90 Å². The van der Waals surface area contributed by atoms with Gasteiger partial charge in [0.25, 0.3) is 10.0 Å². The summed E-state index contributed by atoms with van der Waals surface area (Å²) in [6.07, 6.45) is 4.28. The summed E-state index contributed by atoms with van der Waals surface area (Å²) < 4.78 is 27.8. The van der Waals surface area contributed by atoms with Gasteiger partial charge in [-0.3, -0.25) is 4.79 Å². The molecular formula is C27H26N2O3S. The van der Waals surface area contributed by atoms with E-state index in [1.807, 2.05) is 31.2 Å². The molecule has 168 valence electrons. The largest absolute Gasteiger partial charge is 0.371 e. The van der Waals surface area contributed by atoms with E-state index in [2.05, 4.69) is 29.2 Å². The molecule has 5 rings (SSSR count). The zero-order valence-electron chi connectivity index (χ0n) is 18.5. The molecule has 0 amide bonds. The Labute approximate surface area is 194 Å². The lowest BCUT2D eigenvalue weighted by atomic mass is 9.89. The Morgan fingerprint density at radius 2 is 1.61 bits per heavy atom. The Morgan fingerprint density at radius 1 is 0.909 bits per heavy atom. The predicted molar refractivity (Wildman–Crippen MR) is 132 cm³/mol. The van der Waals surface area contributed by atoms with Crippen molar-refractivity contribution in [1.29, 1.82) is 0 Å². The Kier molecular flexibility index (Phi) is 5.54. The standard InChI is InChI=1S/C27H26N2O3S/c1-20-7-10-25(11-8-20)33(31,32)29-18-23(19-30)26-17-24(9-12-27(26)29)28-15-13-22(14-16-28)21-5-3-2-4-6-21/h2-12,17-19,22H,13-16H2,1H3. The van der Waals surface area contributed by atoms with Crippen LogP contribution in [0, 0.1) is 6.92 Å². The van der Waals surface area contributed by atoms with E-state index in [0.29, 0.717) is 22.4 Å². The fourth-order valence-electron chi connectivity index (χ4n) is 4.72. The maximum absolute atomic E-state index is 13.3. The van der Waals surface area contributed by atoms with Crippen LogP contribution in [0.1, 0.15) is 40.2 Å². The number of carbonyl (C=O) groups is 1. The Balaban J connectivity index is 1.46. The minimum atomic E-state index is -3.80. The summed E-state index contributed by atoms with van der Waals surface area (Å²) in [4.78, 5) is 14.3. The quantitative estimate of drug-likeness (QED) is 0.377. The molecule has 1 fully saturated rings. The van der Waals surface area contributed by atoms with Gasteiger partial charge in [0.1, 0.15) is 0 Å². The molecule has 1 saturated heterocycles. The summed E-state index contributed by atoms with van der Waals surface area (Å²) in [6.45, 7) is 3.75. The van der Waals surface area contributed by atoms with E-state index in [-0.39, 0.29) is 4.90 Å². The number of piperidine rings is 1. The van der Waals surface area contributed by atoms with Crippen molar-refractivity contribution in [2.45, 2.75) is 30.6 Å². The van der Waals surface area contributed by atoms with Crippen LogP contribution in [0.15, 0.2) is 83.9 Å². The second kappa shape index (κ2) is 8.52. The van der Waals surface area contributed by atoms with E-state index in [0.717, 1.165) is 43.5 Å². The van der Waals surface area contributed by atoms with Gasteiger partial charge in [-0.2, -0.15) is 0 Å². The number of hydrogen-bond donors (Lipinski definition) is 0. The molecule has 0 radical (unpaired) electrons. The molecule has 0 N–H and O–H groups in total. The van der Waals surface area contributed by atoms with Crippen molar-refractivity contribution in [2.24, 2.45) is 0 Å². The minimum Gasteiger partial charge on any atom is -0.371 e. The summed E-state index contributed by atoms with van der Waals surface area (Å²) in [5.41, 5.74) is 4.28. The molecule has 5 nitrogen and oxygen atoms in total. The van der Waals surface area contributed by atoms with Crippen LogP contribution in [0.4, 0.5) is 5.69 Å². The first-order valence-corrected chi connectivity index (χ1v) is 12.6. The van der Waals surface area contributed by atoms with E-state index in [4.69, 9.17) is 0 Å². The van der Waals surface area contributed by atoms with Crippen molar-refractivity contribution >= 4 is 32.9 Å². The molecule has 0 aliphatic carbocycles. The Bertz CT molecular complexity index is 1400. The zero-order chi connectivity index (χ0) is 23.0. The highest BCUT2D eigenvalue weighted by Crippen LogP contribution is 2.33. The lowest BCUT2D eigenvalue weighted by molar-refractivity contribution is 0.112. The number of hydrogen-bond acceptors (Lipinski definition) is 4. The fourth-order valence-corrected chi connectivity index (χ4v) is 6.10. The molecule has 33 heavy (non-hydrogen) atoms. The highest BCUT2D eigenvalue weighted by atomic mass is 32.2. The van der Waals surface area contributed by atoms with Crippen molar-refractivity contribution in [3.05, 3.63) is 95.7 Å². The van der Waals surface area contributed by atoms with Crippen molar-refractivity contribution in [3.63, 3.8) is 0 Å². The summed E-state index contributed by atoms with van der Waals surface area (Å²) >= 11 is 0. The molecule has 0 unspecified atom stereocenters. The van der Waals surface area contributed by atoms with Gasteiger partial charge in [0, 0.05) is 35.9 Å². The number of carbonyl (C=O) groups excluding carboxylic acids is 1. The lowest BCUT2D eigenvalue weighted by Crippen LogP contribution is -2.32. The van der Waals surface area contributed by atoms with Crippen LogP contribution in [0.25, 0.3) is 10.9 Å². The second-order valence-corrected chi connectivity index (χ2v) is 10.5. The Morgan fingerprint density at radius 3 is 2.27 bits per heavy atom. The van der Waals surface area contributed by atoms with Crippen LogP contribution in [-0.2, 0) is 10.0 Å². The van der Waals surface area contributed by atoms with Crippen molar-refractivity contribution in [3.8, 4) is 0 Å². The average Bonchev–Trinajstić information content (AvgIpc) is 3.24. The van der Waals surface area contributed by atoms with Gasteiger partial charge in [-0.05, 0) is 61.6 Å². The molecular weight excluding hydrogens is 432 g/mol. The molecule has 0 saturated carbocycles. The average molecular weight is 459 g/mol. The molecule has 2 heterocycles. The third-order valence-corrected chi connectivity index (χ3v) is 8.31. The van der Waals surface area contributed by atoms with E-state index in [1.54, 1.807) is 24.3 Å². The normalized spacial score (nSPS) is 15.1. The van der Waals surface area contributed by atoms with E-state index >= 15 is 0 Å². The third kappa shape index (κ3) is 3.95. The van der Waals surface area contributed by atoms with Gasteiger partial charge in [0.15, 0.2) is 6.29 Å². The third-order valence-electron chi connectivity index (χ3n) is 6.62. The molecule has 0 bridgehead atoms. The van der Waals surface area contributed by atoms with Crippen LogP contribution < -0.4 is 4.90 Å². The molecule has 1 aromatic heterocycles. The van der Waals surface area contributed by atoms with Crippen molar-refractivity contribution < 1.29 is 13.2 Å². The second-order valence-electron chi connectivity index (χ2n) is 8.69. The first-order valence-electron chi connectivity index (χ1n) is 11.2. The van der Waals surface area contributed by atoms with Crippen LogP contribution >= 0.6 is 0 Å². The number of anilines is 1. The first kappa shape index (κ1) is 21.5. The number of fused-ring (bicyclic) bond motifs is 1. The van der Waals surface area contributed by atoms with Gasteiger partial charge in [-0.1, -0.05) is 48.0 Å². The highest BCUT2D eigenvalue weighted by Gasteiger charge is 2.24. The number of benzene rings is 3. The van der Waals surface area contributed by atoms with Gasteiger partial charge in [0.05, 0.1) is 10.4 Å². The van der Waals surface area contributed by atoms with Crippen molar-refractivity contribution in [1.82, 2.24) is 3.97 Å². The molecule has 4 aromatic rings. The van der Waals surface area contributed by atoms with Crippen molar-refractivity contribution in [2.75, 3.05) is 18.0 Å². The van der Waals surface area contributed by atoms with E-state index in [9.17, 15) is 13.2 Å². The van der Waals surface area contributed by atoms with Crippen LogP contribution in [0.5, 0.6) is 0 Å². The van der Waals surface area contributed by atoms with Crippen LogP contribution in [0.2, 0.25) is 0 Å². The predicted octanol–water partition coefficient (Wildman–Crippen LogP) is 5.38. The lowest BCUT2D eigenvalue weighted by Gasteiger charge is -2.34. The summed E-state index contributed by atoms with van der Waals surface area (Å²) in [7, 11) is -3.80. The maximum atomic E-state index is 13.3. The molecule has 0 atom stereocenters. The molecule has 3 aromatic carbocycles. The SMILES string of the molecule is Cc1ccc(S(=O)(=O)n2cc(C=O)c3cc(N4CCC(c5ccccc5)CC4)ccc32)cc1. The molecule has 6 heteroatoms. The summed E-state index contributed by atoms with van der Waals surface area (Å²) in [6, 6.07) is 23.1. The topological polar surface area (TPSA) is 59.4 Å². The Hall–Kier alpha value is -3.38. The highest BCUT2D eigenvalue weighted by molar-refractivity contribution is 7.90.